The molecule has 0 saturated heterocycles. The van der Waals surface area contributed by atoms with Crippen LogP contribution in [0.15, 0.2) is 48.5 Å². The highest BCUT2D eigenvalue weighted by Crippen LogP contribution is 2.25. The molecule has 2 aromatic rings. The largest absolute Gasteiger partial charge is 0.494 e. The standard InChI is InChI=1S/C17H18O4/c1-3-20-14-10-8-13(9-11-14)15(18)12-21-17-7-5-4-6-16(17)19-2/h4-11H,3,12H2,1-2H3. The summed E-state index contributed by atoms with van der Waals surface area (Å²) in [6.45, 7) is 2.48. The van der Waals surface area contributed by atoms with Gasteiger partial charge in [-0.1, -0.05) is 12.1 Å². The van der Waals surface area contributed by atoms with Gasteiger partial charge in [-0.05, 0) is 43.3 Å². The summed E-state index contributed by atoms with van der Waals surface area (Å²) < 4.78 is 16.0. The van der Waals surface area contributed by atoms with Gasteiger partial charge in [0.1, 0.15) is 5.75 Å². The van der Waals surface area contributed by atoms with Gasteiger partial charge in [0, 0.05) is 5.56 Å². The Bertz CT molecular complexity index is 590. The van der Waals surface area contributed by atoms with Crippen LogP contribution < -0.4 is 14.2 Å². The molecule has 0 bridgehead atoms. The fraction of sp³-hybridized carbons (Fsp3) is 0.235. The van der Waals surface area contributed by atoms with E-state index in [0.717, 1.165) is 5.75 Å². The predicted octanol–water partition coefficient (Wildman–Crippen LogP) is 3.36. The maximum Gasteiger partial charge on any atom is 0.200 e. The molecule has 0 unspecified atom stereocenters. The number of carbonyl (C=O) groups is 1. The number of para-hydroxylation sites is 2. The highest BCUT2D eigenvalue weighted by atomic mass is 16.5. The summed E-state index contributed by atoms with van der Waals surface area (Å²) in [5.41, 5.74) is 0.591. The van der Waals surface area contributed by atoms with Gasteiger partial charge in [0.05, 0.1) is 13.7 Å². The second kappa shape index (κ2) is 7.33. The number of ketones is 1. The molecule has 110 valence electrons. The lowest BCUT2D eigenvalue weighted by atomic mass is 10.1. The molecular formula is C17H18O4. The van der Waals surface area contributed by atoms with Crippen LogP contribution in [0, 0.1) is 0 Å². The van der Waals surface area contributed by atoms with Gasteiger partial charge in [-0.2, -0.15) is 0 Å². The van der Waals surface area contributed by atoms with Gasteiger partial charge in [-0.15, -0.1) is 0 Å². The third-order valence-electron chi connectivity index (χ3n) is 2.92. The molecule has 0 aliphatic rings. The molecule has 21 heavy (non-hydrogen) atoms. The summed E-state index contributed by atoms with van der Waals surface area (Å²) >= 11 is 0. The Morgan fingerprint density at radius 3 is 2.24 bits per heavy atom. The van der Waals surface area contributed by atoms with Crippen LogP contribution in [0.2, 0.25) is 0 Å². The van der Waals surface area contributed by atoms with Crippen molar-refractivity contribution in [3.8, 4) is 17.2 Å². The zero-order valence-electron chi connectivity index (χ0n) is 12.2. The monoisotopic (exact) mass is 286 g/mol. The molecule has 2 aromatic carbocycles. The molecule has 2 rings (SSSR count). The van der Waals surface area contributed by atoms with E-state index in [1.54, 1.807) is 43.5 Å². The maximum atomic E-state index is 12.1. The van der Waals surface area contributed by atoms with Gasteiger partial charge in [0.2, 0.25) is 0 Å². The van der Waals surface area contributed by atoms with Crippen molar-refractivity contribution < 1.29 is 19.0 Å². The SMILES string of the molecule is CCOc1ccc(C(=O)COc2ccccc2OC)cc1. The number of Topliss-reactive ketones (excluding diaryl/α,β-unsaturated/α-hetero) is 1. The van der Waals surface area contributed by atoms with E-state index >= 15 is 0 Å². The lowest BCUT2D eigenvalue weighted by Gasteiger charge is -2.10. The van der Waals surface area contributed by atoms with E-state index in [9.17, 15) is 4.79 Å². The van der Waals surface area contributed by atoms with Crippen molar-refractivity contribution in [3.63, 3.8) is 0 Å². The summed E-state index contributed by atoms with van der Waals surface area (Å²) in [5, 5.41) is 0. The molecule has 0 aromatic heterocycles. The van der Waals surface area contributed by atoms with Gasteiger partial charge in [0.25, 0.3) is 0 Å². The van der Waals surface area contributed by atoms with E-state index in [-0.39, 0.29) is 12.4 Å². The number of hydrogen-bond donors (Lipinski definition) is 0. The first-order chi connectivity index (χ1) is 10.2. The van der Waals surface area contributed by atoms with Gasteiger partial charge >= 0.3 is 0 Å². The van der Waals surface area contributed by atoms with Crippen LogP contribution >= 0.6 is 0 Å². The van der Waals surface area contributed by atoms with Crippen LogP contribution in [0.5, 0.6) is 17.2 Å². The Labute approximate surface area is 124 Å². The minimum atomic E-state index is -0.0936. The molecule has 0 fully saturated rings. The van der Waals surface area contributed by atoms with Crippen LogP contribution in [0.25, 0.3) is 0 Å². The lowest BCUT2D eigenvalue weighted by molar-refractivity contribution is 0.0919. The summed E-state index contributed by atoms with van der Waals surface area (Å²) in [6, 6.07) is 14.3. The lowest BCUT2D eigenvalue weighted by Crippen LogP contribution is -2.12. The molecule has 0 aliphatic carbocycles. The first kappa shape index (κ1) is 14.9. The first-order valence-electron chi connectivity index (χ1n) is 6.76. The van der Waals surface area contributed by atoms with E-state index in [1.165, 1.54) is 0 Å². The predicted molar refractivity (Wildman–Crippen MR) is 80.4 cm³/mol. The smallest absolute Gasteiger partial charge is 0.200 e. The second-order valence-corrected chi connectivity index (χ2v) is 4.32. The molecule has 0 saturated carbocycles. The third kappa shape index (κ3) is 3.99. The number of methoxy groups -OCH3 is 1. The first-order valence-corrected chi connectivity index (χ1v) is 6.76. The Kier molecular flexibility index (Phi) is 5.21. The minimum Gasteiger partial charge on any atom is -0.494 e. The number of hydrogen-bond acceptors (Lipinski definition) is 4. The number of rotatable bonds is 7. The molecule has 0 heterocycles. The average molecular weight is 286 g/mol. The van der Waals surface area contributed by atoms with Crippen molar-refractivity contribution in [3.05, 3.63) is 54.1 Å². The van der Waals surface area contributed by atoms with Crippen LogP contribution in [0.4, 0.5) is 0 Å². The topological polar surface area (TPSA) is 44.8 Å². The quantitative estimate of drug-likeness (QED) is 0.732. The van der Waals surface area contributed by atoms with E-state index in [0.29, 0.717) is 23.7 Å². The van der Waals surface area contributed by atoms with Crippen LogP contribution in [0.3, 0.4) is 0 Å². The molecule has 0 N–H and O–H groups in total. The highest BCUT2D eigenvalue weighted by Gasteiger charge is 2.09. The number of carbonyl (C=O) groups excluding carboxylic acids is 1. The Morgan fingerprint density at radius 2 is 1.62 bits per heavy atom. The van der Waals surface area contributed by atoms with Crippen LogP contribution in [0.1, 0.15) is 17.3 Å². The summed E-state index contributed by atoms with van der Waals surface area (Å²) in [5.74, 6) is 1.82. The van der Waals surface area contributed by atoms with Gasteiger partial charge in [-0.25, -0.2) is 0 Å². The van der Waals surface area contributed by atoms with Crippen molar-refractivity contribution in [1.82, 2.24) is 0 Å². The Morgan fingerprint density at radius 1 is 0.952 bits per heavy atom. The van der Waals surface area contributed by atoms with E-state index in [4.69, 9.17) is 14.2 Å². The highest BCUT2D eigenvalue weighted by molar-refractivity contribution is 5.97. The summed E-state index contributed by atoms with van der Waals surface area (Å²) in [4.78, 5) is 12.1. The summed E-state index contributed by atoms with van der Waals surface area (Å²) in [7, 11) is 1.57. The van der Waals surface area contributed by atoms with Gasteiger partial charge in [0.15, 0.2) is 23.9 Å². The Balaban J connectivity index is 1.98. The van der Waals surface area contributed by atoms with E-state index < -0.39 is 0 Å². The zero-order chi connectivity index (χ0) is 15.1. The minimum absolute atomic E-state index is 0.0334. The van der Waals surface area contributed by atoms with Gasteiger partial charge in [-0.3, -0.25) is 4.79 Å². The van der Waals surface area contributed by atoms with E-state index in [2.05, 4.69) is 0 Å². The maximum absolute atomic E-state index is 12.1. The molecule has 0 radical (unpaired) electrons. The summed E-state index contributed by atoms with van der Waals surface area (Å²) in [6.07, 6.45) is 0. The molecule has 0 spiro atoms. The molecule has 4 heteroatoms. The van der Waals surface area contributed by atoms with Crippen molar-refractivity contribution in [2.45, 2.75) is 6.92 Å². The second-order valence-electron chi connectivity index (χ2n) is 4.32. The molecule has 0 amide bonds. The third-order valence-corrected chi connectivity index (χ3v) is 2.92. The average Bonchev–Trinajstić information content (AvgIpc) is 2.54. The molecule has 4 nitrogen and oxygen atoms in total. The fourth-order valence-corrected chi connectivity index (χ4v) is 1.87. The van der Waals surface area contributed by atoms with Gasteiger partial charge < -0.3 is 14.2 Å². The fourth-order valence-electron chi connectivity index (χ4n) is 1.87. The van der Waals surface area contributed by atoms with Crippen molar-refractivity contribution in [2.24, 2.45) is 0 Å². The van der Waals surface area contributed by atoms with Crippen LogP contribution in [-0.2, 0) is 0 Å². The van der Waals surface area contributed by atoms with Crippen molar-refractivity contribution >= 4 is 5.78 Å². The van der Waals surface area contributed by atoms with Crippen molar-refractivity contribution in [1.29, 1.82) is 0 Å². The zero-order valence-corrected chi connectivity index (χ0v) is 12.2. The molecular weight excluding hydrogens is 268 g/mol. The number of ether oxygens (including phenoxy) is 3. The molecule has 0 atom stereocenters. The van der Waals surface area contributed by atoms with E-state index in [1.807, 2.05) is 19.1 Å². The van der Waals surface area contributed by atoms with Crippen molar-refractivity contribution in [2.75, 3.05) is 20.3 Å². The number of benzene rings is 2. The Hall–Kier alpha value is -2.49. The normalized spacial score (nSPS) is 10.0. The molecule has 0 aliphatic heterocycles. The van der Waals surface area contributed by atoms with Crippen LogP contribution in [-0.4, -0.2) is 26.1 Å².